The van der Waals surface area contributed by atoms with Crippen LogP contribution in [0.2, 0.25) is 0 Å². The summed E-state index contributed by atoms with van der Waals surface area (Å²) in [7, 11) is 0. The molecule has 0 heterocycles. The SMILES string of the molecule is CC/C=C\C/C=C\C/C=C\CCCCCCCCC(=O)OCC(COC(=O)CCCCCCC\C=C/C=C\C=C/C=C\CCCCC)OC(=O)CCC/C=C\C/C=C\C/C=C\CCCCCCCC. The van der Waals surface area contributed by atoms with Gasteiger partial charge in [0.15, 0.2) is 6.10 Å². The minimum atomic E-state index is -0.824. The Morgan fingerprint density at radius 2 is 0.638 bits per heavy atom. The molecule has 0 saturated carbocycles. The topological polar surface area (TPSA) is 78.9 Å². The molecule has 6 heteroatoms. The Kier molecular flexibility index (Phi) is 53.0. The Hall–Kier alpha value is -4.19. The highest BCUT2D eigenvalue weighted by Crippen LogP contribution is 2.13. The highest BCUT2D eigenvalue weighted by molar-refractivity contribution is 5.71. The fourth-order valence-electron chi connectivity index (χ4n) is 7.31. The van der Waals surface area contributed by atoms with E-state index in [1.165, 1.54) is 77.0 Å². The van der Waals surface area contributed by atoms with Gasteiger partial charge in [0.2, 0.25) is 0 Å². The smallest absolute Gasteiger partial charge is 0.306 e. The van der Waals surface area contributed by atoms with E-state index in [4.69, 9.17) is 14.2 Å². The standard InChI is InChI=1S/C63H102O6/c1-4-7-10-13-16-19-22-25-28-31-33-35-38-41-44-47-50-53-56-62(65)68-59-60(58-67-61(64)55-52-49-46-43-40-37-34-30-27-24-21-18-15-12-9-6-3)69-63(66)57-54-51-48-45-42-39-36-32-29-26-23-20-17-14-11-8-5-2/h9,12,16,18-19,21-22,25-31,33,35-36,39,45,48,60H,4-8,10-11,13-15,17,20,23-24,32,34,37-38,40-44,46-47,49-59H2,1-3H3/b12-9-,19-16-,21-18-,25-22-,29-26-,30-27-,31-28-,35-33-,39-36-,48-45-. The van der Waals surface area contributed by atoms with Crippen molar-refractivity contribution in [2.24, 2.45) is 0 Å². The summed E-state index contributed by atoms with van der Waals surface area (Å²) in [4.78, 5) is 38.1. The van der Waals surface area contributed by atoms with Crippen molar-refractivity contribution in [3.05, 3.63) is 122 Å². The Morgan fingerprint density at radius 1 is 0.319 bits per heavy atom. The number of rotatable bonds is 49. The van der Waals surface area contributed by atoms with E-state index in [1.807, 2.05) is 0 Å². The molecule has 0 rings (SSSR count). The zero-order chi connectivity index (χ0) is 50.0. The number of carbonyl (C=O) groups excluding carboxylic acids is 3. The molecule has 0 spiro atoms. The molecular formula is C63H102O6. The normalized spacial score (nSPS) is 13.0. The Balaban J connectivity index is 4.56. The molecule has 0 aliphatic heterocycles. The number of carbonyl (C=O) groups is 3. The van der Waals surface area contributed by atoms with Gasteiger partial charge in [0, 0.05) is 19.3 Å². The van der Waals surface area contributed by atoms with Crippen molar-refractivity contribution in [3.63, 3.8) is 0 Å². The van der Waals surface area contributed by atoms with E-state index in [9.17, 15) is 14.4 Å². The van der Waals surface area contributed by atoms with Gasteiger partial charge in [-0.15, -0.1) is 0 Å². The Bertz CT molecular complexity index is 1470. The highest BCUT2D eigenvalue weighted by atomic mass is 16.6. The molecule has 0 radical (unpaired) electrons. The van der Waals surface area contributed by atoms with E-state index < -0.39 is 6.10 Å². The maximum atomic E-state index is 12.8. The summed E-state index contributed by atoms with van der Waals surface area (Å²) < 4.78 is 16.8. The lowest BCUT2D eigenvalue weighted by Crippen LogP contribution is -2.30. The molecule has 0 aromatic heterocycles. The van der Waals surface area contributed by atoms with E-state index in [1.54, 1.807) is 0 Å². The molecular weight excluding hydrogens is 853 g/mol. The molecule has 6 nitrogen and oxygen atoms in total. The predicted molar refractivity (Wildman–Crippen MR) is 297 cm³/mol. The number of allylic oxidation sites excluding steroid dienone is 20. The molecule has 0 aromatic carbocycles. The Morgan fingerprint density at radius 3 is 1.09 bits per heavy atom. The highest BCUT2D eigenvalue weighted by Gasteiger charge is 2.19. The second-order valence-electron chi connectivity index (χ2n) is 18.2. The van der Waals surface area contributed by atoms with Crippen molar-refractivity contribution in [2.45, 2.75) is 245 Å². The predicted octanol–water partition coefficient (Wildman–Crippen LogP) is 18.9. The van der Waals surface area contributed by atoms with Crippen LogP contribution in [-0.2, 0) is 28.6 Å². The number of esters is 3. The van der Waals surface area contributed by atoms with Crippen LogP contribution < -0.4 is 0 Å². The van der Waals surface area contributed by atoms with Gasteiger partial charge in [-0.1, -0.05) is 232 Å². The maximum Gasteiger partial charge on any atom is 0.306 e. The van der Waals surface area contributed by atoms with Crippen molar-refractivity contribution in [3.8, 4) is 0 Å². The number of unbranched alkanes of at least 4 members (excludes halogenated alkanes) is 21. The number of hydrogen-bond donors (Lipinski definition) is 0. The average molecular weight is 956 g/mol. The molecule has 0 fully saturated rings. The van der Waals surface area contributed by atoms with Crippen LogP contribution in [-0.4, -0.2) is 37.2 Å². The van der Waals surface area contributed by atoms with E-state index in [0.29, 0.717) is 19.3 Å². The van der Waals surface area contributed by atoms with Crippen molar-refractivity contribution in [1.29, 1.82) is 0 Å². The third-order valence-corrected chi connectivity index (χ3v) is 11.5. The summed E-state index contributed by atoms with van der Waals surface area (Å²) in [6.07, 6.45) is 77.5. The fourth-order valence-corrected chi connectivity index (χ4v) is 7.31. The van der Waals surface area contributed by atoms with Gasteiger partial charge in [-0.05, 0) is 109 Å². The first-order valence-electron chi connectivity index (χ1n) is 28.1. The molecule has 0 amide bonds. The van der Waals surface area contributed by atoms with Crippen LogP contribution in [0.5, 0.6) is 0 Å². The van der Waals surface area contributed by atoms with Crippen molar-refractivity contribution in [1.82, 2.24) is 0 Å². The summed E-state index contributed by atoms with van der Waals surface area (Å²) in [5.74, 6) is -1.01. The molecule has 0 aliphatic carbocycles. The lowest BCUT2D eigenvalue weighted by atomic mass is 10.1. The molecule has 0 saturated heterocycles. The van der Waals surface area contributed by atoms with Gasteiger partial charge in [-0.25, -0.2) is 0 Å². The molecule has 0 aromatic rings. The Labute approximate surface area is 424 Å². The van der Waals surface area contributed by atoms with E-state index in [2.05, 4.69) is 142 Å². The minimum Gasteiger partial charge on any atom is -0.462 e. The molecule has 1 unspecified atom stereocenters. The monoisotopic (exact) mass is 955 g/mol. The first kappa shape index (κ1) is 64.8. The van der Waals surface area contributed by atoms with Crippen LogP contribution in [0, 0.1) is 0 Å². The van der Waals surface area contributed by atoms with Crippen molar-refractivity contribution < 1.29 is 28.6 Å². The first-order chi connectivity index (χ1) is 34.0. The zero-order valence-electron chi connectivity index (χ0n) is 44.5. The van der Waals surface area contributed by atoms with Crippen LogP contribution in [0.4, 0.5) is 0 Å². The first-order valence-corrected chi connectivity index (χ1v) is 28.1. The summed E-state index contributed by atoms with van der Waals surface area (Å²) in [6, 6.07) is 0. The molecule has 1 atom stereocenters. The van der Waals surface area contributed by atoms with Gasteiger partial charge in [0.1, 0.15) is 13.2 Å². The number of hydrogen-bond acceptors (Lipinski definition) is 6. The van der Waals surface area contributed by atoms with E-state index in [-0.39, 0.29) is 37.5 Å². The van der Waals surface area contributed by atoms with Crippen LogP contribution >= 0.6 is 0 Å². The maximum absolute atomic E-state index is 12.8. The van der Waals surface area contributed by atoms with Gasteiger partial charge in [-0.3, -0.25) is 14.4 Å². The summed E-state index contributed by atoms with van der Waals surface area (Å²) in [5.41, 5.74) is 0. The summed E-state index contributed by atoms with van der Waals surface area (Å²) in [6.45, 7) is 6.40. The van der Waals surface area contributed by atoms with Crippen LogP contribution in [0.3, 0.4) is 0 Å². The van der Waals surface area contributed by atoms with E-state index in [0.717, 1.165) is 116 Å². The van der Waals surface area contributed by atoms with E-state index >= 15 is 0 Å². The average Bonchev–Trinajstić information content (AvgIpc) is 3.35. The molecule has 390 valence electrons. The molecule has 69 heavy (non-hydrogen) atoms. The van der Waals surface area contributed by atoms with Gasteiger partial charge in [0.05, 0.1) is 0 Å². The van der Waals surface area contributed by atoms with Gasteiger partial charge >= 0.3 is 17.9 Å². The van der Waals surface area contributed by atoms with Crippen LogP contribution in [0.25, 0.3) is 0 Å². The zero-order valence-corrected chi connectivity index (χ0v) is 44.5. The second-order valence-corrected chi connectivity index (χ2v) is 18.2. The van der Waals surface area contributed by atoms with Crippen LogP contribution in [0.1, 0.15) is 239 Å². The van der Waals surface area contributed by atoms with Crippen molar-refractivity contribution >= 4 is 17.9 Å². The number of ether oxygens (including phenoxy) is 3. The fraction of sp³-hybridized carbons (Fsp3) is 0.635. The third-order valence-electron chi connectivity index (χ3n) is 11.5. The van der Waals surface area contributed by atoms with Gasteiger partial charge in [-0.2, -0.15) is 0 Å². The lowest BCUT2D eigenvalue weighted by Gasteiger charge is -2.18. The molecule has 0 N–H and O–H groups in total. The summed E-state index contributed by atoms with van der Waals surface area (Å²) >= 11 is 0. The van der Waals surface area contributed by atoms with Gasteiger partial charge in [0.25, 0.3) is 0 Å². The third kappa shape index (κ3) is 54.6. The van der Waals surface area contributed by atoms with Crippen LogP contribution in [0.15, 0.2) is 122 Å². The van der Waals surface area contributed by atoms with Gasteiger partial charge < -0.3 is 14.2 Å². The molecule has 0 bridgehead atoms. The largest absolute Gasteiger partial charge is 0.462 e. The minimum absolute atomic E-state index is 0.116. The molecule has 0 aliphatic rings. The summed E-state index contributed by atoms with van der Waals surface area (Å²) in [5, 5.41) is 0. The van der Waals surface area contributed by atoms with Crippen molar-refractivity contribution in [2.75, 3.05) is 13.2 Å². The second kappa shape index (κ2) is 56.4. The lowest BCUT2D eigenvalue weighted by molar-refractivity contribution is -0.167. The quantitative estimate of drug-likeness (QED) is 0.0199.